The summed E-state index contributed by atoms with van der Waals surface area (Å²) in [6.45, 7) is 0.515. The van der Waals surface area contributed by atoms with E-state index in [1.54, 1.807) is 18.2 Å². The molecule has 6 heteroatoms. The highest BCUT2D eigenvalue weighted by Crippen LogP contribution is 2.42. The first-order valence-corrected chi connectivity index (χ1v) is 8.87. The number of halogens is 1. The van der Waals surface area contributed by atoms with Gasteiger partial charge in [0.25, 0.3) is 5.56 Å². The summed E-state index contributed by atoms with van der Waals surface area (Å²) < 4.78 is 14.2. The fraction of sp³-hybridized carbons (Fsp3) is 0.350. The van der Waals surface area contributed by atoms with Gasteiger partial charge < -0.3 is 5.32 Å². The van der Waals surface area contributed by atoms with E-state index in [1.165, 1.54) is 24.6 Å². The number of fused-ring (bicyclic) bond motifs is 2. The van der Waals surface area contributed by atoms with Crippen LogP contribution >= 0.6 is 0 Å². The Morgan fingerprint density at radius 2 is 1.96 bits per heavy atom. The second kappa shape index (κ2) is 6.86. The highest BCUT2D eigenvalue weighted by atomic mass is 19.1. The van der Waals surface area contributed by atoms with Gasteiger partial charge in [-0.05, 0) is 60.9 Å². The Bertz CT molecular complexity index is 904. The topological polar surface area (TPSA) is 64.0 Å². The lowest BCUT2D eigenvalue weighted by molar-refractivity contribution is -0.122. The van der Waals surface area contributed by atoms with Crippen LogP contribution in [0.3, 0.4) is 0 Å². The molecule has 0 saturated heterocycles. The predicted molar refractivity (Wildman–Crippen MR) is 95.7 cm³/mol. The molecule has 2 bridgehead atoms. The molecule has 26 heavy (non-hydrogen) atoms. The molecule has 2 aromatic rings. The van der Waals surface area contributed by atoms with E-state index in [0.29, 0.717) is 35.6 Å². The summed E-state index contributed by atoms with van der Waals surface area (Å²) in [6, 6.07) is 8.81. The average Bonchev–Trinajstić information content (AvgIpc) is 3.26. The summed E-state index contributed by atoms with van der Waals surface area (Å²) >= 11 is 0. The minimum absolute atomic E-state index is 0.121. The summed E-state index contributed by atoms with van der Waals surface area (Å²) in [5, 5.41) is 7.17. The van der Waals surface area contributed by atoms with Crippen LogP contribution in [0.15, 0.2) is 53.3 Å². The molecule has 5 nitrogen and oxygen atoms in total. The lowest BCUT2D eigenvalue weighted by Gasteiger charge is -2.18. The summed E-state index contributed by atoms with van der Waals surface area (Å²) in [7, 11) is 0. The third-order valence-electron chi connectivity index (χ3n) is 5.28. The van der Waals surface area contributed by atoms with E-state index in [0.717, 1.165) is 11.1 Å². The lowest BCUT2D eigenvalue weighted by Crippen LogP contribution is -2.36. The quantitative estimate of drug-likeness (QED) is 0.840. The number of carbonyl (C=O) groups is 1. The molecular weight excluding hydrogens is 333 g/mol. The van der Waals surface area contributed by atoms with Crippen LogP contribution in [0.1, 0.15) is 12.8 Å². The maximum absolute atomic E-state index is 13.1. The second-order valence-corrected chi connectivity index (χ2v) is 7.07. The third-order valence-corrected chi connectivity index (χ3v) is 5.28. The molecule has 2 aliphatic rings. The number of rotatable bonds is 5. The summed E-state index contributed by atoms with van der Waals surface area (Å²) in [5.41, 5.74) is 0.874. The van der Waals surface area contributed by atoms with Gasteiger partial charge in [-0.3, -0.25) is 9.59 Å². The van der Waals surface area contributed by atoms with Crippen molar-refractivity contribution in [1.82, 2.24) is 15.1 Å². The van der Waals surface area contributed by atoms with Crippen LogP contribution in [0.5, 0.6) is 0 Å². The van der Waals surface area contributed by atoms with Crippen molar-refractivity contribution in [3.63, 3.8) is 0 Å². The van der Waals surface area contributed by atoms with Crippen molar-refractivity contribution in [1.29, 1.82) is 0 Å². The molecule has 2 aliphatic carbocycles. The molecule has 1 heterocycles. The second-order valence-electron chi connectivity index (χ2n) is 7.07. The fourth-order valence-electron chi connectivity index (χ4n) is 3.90. The highest BCUT2D eigenvalue weighted by Gasteiger charge is 2.35. The molecular formula is C20H20FN3O2. The molecule has 0 aliphatic heterocycles. The monoisotopic (exact) mass is 353 g/mol. The maximum atomic E-state index is 13.1. The van der Waals surface area contributed by atoms with Crippen molar-refractivity contribution in [3.05, 3.63) is 64.7 Å². The number of amides is 1. The van der Waals surface area contributed by atoms with Crippen molar-refractivity contribution in [2.45, 2.75) is 19.4 Å². The SMILES string of the molecule is O=C(Cn1nc(-c2ccc(F)cc2)ccc1=O)NC[C@@H]1C[C@@H]2C=C[C@@H]1C2. The first-order chi connectivity index (χ1) is 12.6. The number of carbonyl (C=O) groups excluding carboxylic acids is 1. The van der Waals surface area contributed by atoms with Crippen LogP contribution in [0.4, 0.5) is 4.39 Å². The summed E-state index contributed by atoms with van der Waals surface area (Å²) in [5.74, 6) is 1.17. The van der Waals surface area contributed by atoms with E-state index in [4.69, 9.17) is 0 Å². The average molecular weight is 353 g/mol. The lowest BCUT2D eigenvalue weighted by atomic mass is 9.94. The zero-order valence-electron chi connectivity index (χ0n) is 14.3. The van der Waals surface area contributed by atoms with Gasteiger partial charge in [0.05, 0.1) is 5.69 Å². The predicted octanol–water partition coefficient (Wildman–Crippen LogP) is 2.38. The first kappa shape index (κ1) is 16.7. The molecule has 0 unspecified atom stereocenters. The van der Waals surface area contributed by atoms with Gasteiger partial charge >= 0.3 is 0 Å². The van der Waals surface area contributed by atoms with Gasteiger partial charge in [-0.1, -0.05) is 12.2 Å². The fourth-order valence-corrected chi connectivity index (χ4v) is 3.90. The van der Waals surface area contributed by atoms with Crippen molar-refractivity contribution < 1.29 is 9.18 Å². The van der Waals surface area contributed by atoms with Gasteiger partial charge in [-0.15, -0.1) is 0 Å². The Morgan fingerprint density at radius 3 is 2.65 bits per heavy atom. The van der Waals surface area contributed by atoms with Gasteiger partial charge in [0.1, 0.15) is 12.4 Å². The summed E-state index contributed by atoms with van der Waals surface area (Å²) in [4.78, 5) is 24.2. The Balaban J connectivity index is 1.41. The highest BCUT2D eigenvalue weighted by molar-refractivity contribution is 5.75. The maximum Gasteiger partial charge on any atom is 0.267 e. The van der Waals surface area contributed by atoms with E-state index in [9.17, 15) is 14.0 Å². The molecule has 4 rings (SSSR count). The molecule has 134 valence electrons. The van der Waals surface area contributed by atoms with Gasteiger partial charge in [-0.2, -0.15) is 5.10 Å². The Labute approximate surface area is 150 Å². The van der Waals surface area contributed by atoms with E-state index < -0.39 is 0 Å². The third kappa shape index (κ3) is 3.45. The Hall–Kier alpha value is -2.76. The van der Waals surface area contributed by atoms with E-state index >= 15 is 0 Å². The number of allylic oxidation sites excluding steroid dienone is 2. The number of nitrogens with one attached hydrogen (secondary N) is 1. The van der Waals surface area contributed by atoms with Crippen molar-refractivity contribution in [3.8, 4) is 11.3 Å². The molecule has 1 aromatic carbocycles. The molecule has 1 amide bonds. The van der Waals surface area contributed by atoms with Crippen LogP contribution < -0.4 is 10.9 Å². The standard InChI is InChI=1S/C20H20FN3O2/c21-17-5-3-14(4-6-17)18-7-8-20(26)24(23-18)12-19(25)22-11-16-10-13-1-2-15(16)9-13/h1-8,13,15-16H,9-12H2,(H,22,25)/t13-,15-,16+/m1/s1. The zero-order valence-corrected chi connectivity index (χ0v) is 14.3. The number of aromatic nitrogens is 2. The molecule has 1 fully saturated rings. The van der Waals surface area contributed by atoms with Gasteiger partial charge in [0.2, 0.25) is 5.91 Å². The zero-order chi connectivity index (χ0) is 18.1. The van der Waals surface area contributed by atoms with Crippen molar-refractivity contribution in [2.24, 2.45) is 17.8 Å². The van der Waals surface area contributed by atoms with Crippen LogP contribution in [-0.4, -0.2) is 22.2 Å². The van der Waals surface area contributed by atoms with Gasteiger partial charge in [0.15, 0.2) is 0 Å². The van der Waals surface area contributed by atoms with Crippen molar-refractivity contribution in [2.75, 3.05) is 6.54 Å². The molecule has 0 spiro atoms. The van der Waals surface area contributed by atoms with Crippen LogP contribution in [-0.2, 0) is 11.3 Å². The van der Waals surface area contributed by atoms with Crippen molar-refractivity contribution >= 4 is 5.91 Å². The van der Waals surface area contributed by atoms with Crippen LogP contribution in [0, 0.1) is 23.6 Å². The first-order valence-electron chi connectivity index (χ1n) is 8.87. The largest absolute Gasteiger partial charge is 0.354 e. The number of nitrogens with zero attached hydrogens (tertiary/aromatic N) is 2. The number of hydrogen-bond donors (Lipinski definition) is 1. The molecule has 1 saturated carbocycles. The molecule has 3 atom stereocenters. The van der Waals surface area contributed by atoms with E-state index in [2.05, 4.69) is 22.6 Å². The van der Waals surface area contributed by atoms with Crippen LogP contribution in [0.25, 0.3) is 11.3 Å². The molecule has 1 N–H and O–H groups in total. The minimum Gasteiger partial charge on any atom is -0.354 e. The number of benzene rings is 1. The molecule has 0 radical (unpaired) electrons. The van der Waals surface area contributed by atoms with Gasteiger partial charge in [-0.25, -0.2) is 9.07 Å². The van der Waals surface area contributed by atoms with E-state index in [-0.39, 0.29) is 23.8 Å². The Kier molecular flexibility index (Phi) is 4.41. The normalized spacial score (nSPS) is 23.3. The smallest absolute Gasteiger partial charge is 0.267 e. The number of hydrogen-bond acceptors (Lipinski definition) is 3. The summed E-state index contributed by atoms with van der Waals surface area (Å²) in [6.07, 6.45) is 6.84. The van der Waals surface area contributed by atoms with Gasteiger partial charge in [0, 0.05) is 18.2 Å². The molecule has 1 aromatic heterocycles. The Morgan fingerprint density at radius 1 is 1.15 bits per heavy atom. The van der Waals surface area contributed by atoms with Crippen LogP contribution in [0.2, 0.25) is 0 Å². The minimum atomic E-state index is -0.339. The van der Waals surface area contributed by atoms with E-state index in [1.807, 2.05) is 0 Å².